The average Bonchev–Trinajstić information content (AvgIpc) is 3.31. The number of carbonyl (C=O) groups excluding carboxylic acids is 1. The van der Waals surface area contributed by atoms with Gasteiger partial charge in [0, 0.05) is 38.3 Å². The second kappa shape index (κ2) is 8.76. The fraction of sp³-hybridized carbons (Fsp3) is 0.458. The zero-order valence-electron chi connectivity index (χ0n) is 17.4. The first kappa shape index (κ1) is 19.6. The first-order chi connectivity index (χ1) is 14.2. The third-order valence-corrected chi connectivity index (χ3v) is 6.11. The lowest BCUT2D eigenvalue weighted by atomic mass is 9.98. The normalized spacial score (nSPS) is 15.9. The Morgan fingerprint density at radius 2 is 1.59 bits per heavy atom. The molecule has 2 aliphatic rings. The van der Waals surface area contributed by atoms with Crippen molar-refractivity contribution < 1.29 is 14.3 Å². The molecule has 29 heavy (non-hydrogen) atoms. The number of amides is 1. The van der Waals surface area contributed by atoms with Gasteiger partial charge in [-0.2, -0.15) is 0 Å². The molecule has 0 spiro atoms. The molecule has 2 aromatic rings. The van der Waals surface area contributed by atoms with Crippen LogP contribution in [0.2, 0.25) is 0 Å². The molecular weight excluding hydrogens is 364 g/mol. The summed E-state index contributed by atoms with van der Waals surface area (Å²) in [6.07, 6.45) is 4.76. The molecule has 4 rings (SSSR count). The number of rotatable bonds is 6. The Labute approximate surface area is 173 Å². The quantitative estimate of drug-likeness (QED) is 0.747. The molecule has 5 nitrogen and oxygen atoms in total. The van der Waals surface area contributed by atoms with Gasteiger partial charge in [0.1, 0.15) is 0 Å². The SMILES string of the molecule is COc1cc2c(cc1OC)CN(C(=O)CCc1ccc(N3CCCC3)cc1)CC2. The third kappa shape index (κ3) is 4.34. The maximum Gasteiger partial charge on any atom is 0.223 e. The van der Waals surface area contributed by atoms with E-state index in [2.05, 4.69) is 29.2 Å². The fourth-order valence-corrected chi connectivity index (χ4v) is 4.35. The molecule has 0 saturated carbocycles. The Hall–Kier alpha value is -2.69. The number of benzene rings is 2. The zero-order valence-corrected chi connectivity index (χ0v) is 17.4. The van der Waals surface area contributed by atoms with Gasteiger partial charge in [-0.3, -0.25) is 4.79 Å². The second-order valence-corrected chi connectivity index (χ2v) is 7.90. The molecule has 0 aromatic heterocycles. The van der Waals surface area contributed by atoms with Gasteiger partial charge in [0.25, 0.3) is 0 Å². The minimum Gasteiger partial charge on any atom is -0.493 e. The van der Waals surface area contributed by atoms with Crippen molar-refractivity contribution in [3.63, 3.8) is 0 Å². The van der Waals surface area contributed by atoms with Crippen LogP contribution in [-0.2, 0) is 24.2 Å². The molecular formula is C24H30N2O3. The summed E-state index contributed by atoms with van der Waals surface area (Å²) in [6.45, 7) is 3.72. The number of hydrogen-bond acceptors (Lipinski definition) is 4. The standard InChI is InChI=1S/C24H30N2O3/c1-28-22-15-19-11-14-26(17-20(19)16-23(22)29-2)24(27)10-7-18-5-8-21(9-6-18)25-12-3-4-13-25/h5-6,8-9,15-16H,3-4,7,10-14,17H2,1-2H3. The third-order valence-electron chi connectivity index (χ3n) is 6.11. The van der Waals surface area contributed by atoms with Gasteiger partial charge in [-0.15, -0.1) is 0 Å². The van der Waals surface area contributed by atoms with Crippen molar-refractivity contribution in [1.29, 1.82) is 0 Å². The van der Waals surface area contributed by atoms with Crippen molar-refractivity contribution in [2.75, 3.05) is 38.8 Å². The lowest BCUT2D eigenvalue weighted by molar-refractivity contribution is -0.132. The van der Waals surface area contributed by atoms with Crippen LogP contribution in [0.1, 0.15) is 36.0 Å². The van der Waals surface area contributed by atoms with Gasteiger partial charge in [0.15, 0.2) is 11.5 Å². The Morgan fingerprint density at radius 3 is 2.24 bits per heavy atom. The van der Waals surface area contributed by atoms with E-state index in [1.807, 2.05) is 17.0 Å². The van der Waals surface area contributed by atoms with E-state index < -0.39 is 0 Å². The second-order valence-electron chi connectivity index (χ2n) is 7.90. The minimum absolute atomic E-state index is 0.217. The zero-order chi connectivity index (χ0) is 20.2. The molecule has 0 atom stereocenters. The van der Waals surface area contributed by atoms with Gasteiger partial charge in [0.2, 0.25) is 5.91 Å². The predicted molar refractivity (Wildman–Crippen MR) is 115 cm³/mol. The van der Waals surface area contributed by atoms with E-state index in [-0.39, 0.29) is 5.91 Å². The van der Waals surface area contributed by atoms with Crippen LogP contribution in [0.3, 0.4) is 0 Å². The van der Waals surface area contributed by atoms with Crippen LogP contribution in [0.15, 0.2) is 36.4 Å². The monoisotopic (exact) mass is 394 g/mol. The number of carbonyl (C=O) groups is 1. The Kier molecular flexibility index (Phi) is 5.93. The van der Waals surface area contributed by atoms with E-state index in [1.54, 1.807) is 14.2 Å². The number of methoxy groups -OCH3 is 2. The number of ether oxygens (including phenoxy) is 2. The van der Waals surface area contributed by atoms with Gasteiger partial charge in [-0.05, 0) is 66.6 Å². The number of fused-ring (bicyclic) bond motifs is 1. The van der Waals surface area contributed by atoms with Gasteiger partial charge in [-0.1, -0.05) is 12.1 Å². The molecule has 1 fully saturated rings. The fourth-order valence-electron chi connectivity index (χ4n) is 4.35. The summed E-state index contributed by atoms with van der Waals surface area (Å²) in [5, 5.41) is 0. The number of aryl methyl sites for hydroxylation is 1. The molecule has 2 aromatic carbocycles. The van der Waals surface area contributed by atoms with Crippen molar-refractivity contribution in [2.45, 2.75) is 38.6 Å². The highest BCUT2D eigenvalue weighted by Crippen LogP contribution is 2.33. The summed E-state index contributed by atoms with van der Waals surface area (Å²) in [5.41, 5.74) is 4.92. The summed E-state index contributed by atoms with van der Waals surface area (Å²) in [4.78, 5) is 17.2. The summed E-state index contributed by atoms with van der Waals surface area (Å²) < 4.78 is 10.8. The molecule has 0 aliphatic carbocycles. The van der Waals surface area contributed by atoms with Gasteiger partial charge < -0.3 is 19.3 Å². The van der Waals surface area contributed by atoms with Crippen molar-refractivity contribution in [1.82, 2.24) is 4.90 Å². The van der Waals surface area contributed by atoms with Crippen LogP contribution in [0.25, 0.3) is 0 Å². The van der Waals surface area contributed by atoms with Crippen molar-refractivity contribution in [3.8, 4) is 11.5 Å². The summed E-state index contributed by atoms with van der Waals surface area (Å²) in [5.74, 6) is 1.69. The summed E-state index contributed by atoms with van der Waals surface area (Å²) in [6, 6.07) is 12.8. The van der Waals surface area contributed by atoms with Crippen molar-refractivity contribution in [3.05, 3.63) is 53.1 Å². The minimum atomic E-state index is 0.217. The van der Waals surface area contributed by atoms with Gasteiger partial charge in [-0.25, -0.2) is 0 Å². The molecule has 2 aliphatic heterocycles. The van der Waals surface area contributed by atoms with Crippen molar-refractivity contribution in [2.24, 2.45) is 0 Å². The Balaban J connectivity index is 1.35. The maximum absolute atomic E-state index is 12.8. The predicted octanol–water partition coefficient (Wildman–Crippen LogP) is 3.82. The van der Waals surface area contributed by atoms with E-state index >= 15 is 0 Å². The molecule has 1 saturated heterocycles. The lowest BCUT2D eigenvalue weighted by Crippen LogP contribution is -2.36. The maximum atomic E-state index is 12.8. The lowest BCUT2D eigenvalue weighted by Gasteiger charge is -2.29. The average molecular weight is 395 g/mol. The van der Waals surface area contributed by atoms with Crippen LogP contribution < -0.4 is 14.4 Å². The number of hydrogen-bond donors (Lipinski definition) is 0. The largest absolute Gasteiger partial charge is 0.493 e. The van der Waals surface area contributed by atoms with Crippen LogP contribution in [0.4, 0.5) is 5.69 Å². The van der Waals surface area contributed by atoms with Crippen LogP contribution in [-0.4, -0.2) is 44.7 Å². The highest BCUT2D eigenvalue weighted by Gasteiger charge is 2.22. The molecule has 0 radical (unpaired) electrons. The number of nitrogens with zero attached hydrogens (tertiary/aromatic N) is 2. The Morgan fingerprint density at radius 1 is 0.931 bits per heavy atom. The van der Waals surface area contributed by atoms with E-state index in [0.29, 0.717) is 13.0 Å². The molecule has 2 heterocycles. The van der Waals surface area contributed by atoms with Crippen LogP contribution in [0.5, 0.6) is 11.5 Å². The molecule has 154 valence electrons. The summed E-state index contributed by atoms with van der Waals surface area (Å²) >= 11 is 0. The first-order valence-electron chi connectivity index (χ1n) is 10.5. The molecule has 0 N–H and O–H groups in total. The Bertz CT molecular complexity index is 857. The highest BCUT2D eigenvalue weighted by atomic mass is 16.5. The summed E-state index contributed by atoms with van der Waals surface area (Å²) in [7, 11) is 3.30. The highest BCUT2D eigenvalue weighted by molar-refractivity contribution is 5.77. The molecule has 1 amide bonds. The molecule has 5 heteroatoms. The van der Waals surface area contributed by atoms with Crippen LogP contribution >= 0.6 is 0 Å². The first-order valence-corrected chi connectivity index (χ1v) is 10.5. The van der Waals surface area contributed by atoms with Gasteiger partial charge >= 0.3 is 0 Å². The molecule has 0 unspecified atom stereocenters. The van der Waals surface area contributed by atoms with Crippen molar-refractivity contribution >= 4 is 11.6 Å². The smallest absolute Gasteiger partial charge is 0.223 e. The molecule has 0 bridgehead atoms. The van der Waals surface area contributed by atoms with E-state index in [9.17, 15) is 4.79 Å². The number of anilines is 1. The topological polar surface area (TPSA) is 42.0 Å². The van der Waals surface area contributed by atoms with Gasteiger partial charge in [0.05, 0.1) is 14.2 Å². The van der Waals surface area contributed by atoms with E-state index in [0.717, 1.165) is 49.5 Å². The van der Waals surface area contributed by atoms with Crippen LogP contribution in [0, 0.1) is 0 Å². The van der Waals surface area contributed by atoms with E-state index in [1.165, 1.54) is 29.7 Å². The van der Waals surface area contributed by atoms with E-state index in [4.69, 9.17) is 9.47 Å².